The van der Waals surface area contributed by atoms with Gasteiger partial charge in [0.2, 0.25) is 0 Å². The fraction of sp³-hybridized carbons (Fsp3) is 0.167. The highest BCUT2D eigenvalue weighted by Crippen LogP contribution is 2.29. The van der Waals surface area contributed by atoms with Crippen LogP contribution in [0.4, 0.5) is 5.69 Å². The van der Waals surface area contributed by atoms with Crippen molar-refractivity contribution in [2.75, 3.05) is 11.9 Å². The van der Waals surface area contributed by atoms with Gasteiger partial charge in [-0.3, -0.25) is 4.79 Å². The van der Waals surface area contributed by atoms with E-state index in [0.717, 1.165) is 5.56 Å². The zero-order valence-electron chi connectivity index (χ0n) is 8.78. The van der Waals surface area contributed by atoms with Crippen LogP contribution in [0, 0.1) is 11.3 Å². The molecule has 1 aromatic carbocycles. The van der Waals surface area contributed by atoms with Crippen LogP contribution in [0.15, 0.2) is 23.8 Å². The first-order valence-electron chi connectivity index (χ1n) is 4.84. The largest absolute Gasteiger partial charge is 0.482 e. The van der Waals surface area contributed by atoms with Crippen LogP contribution in [0.2, 0.25) is 0 Å². The average Bonchev–Trinajstić information content (AvgIpc) is 2.28. The summed E-state index contributed by atoms with van der Waals surface area (Å²) in [4.78, 5) is 11.1. The van der Waals surface area contributed by atoms with E-state index in [1.807, 2.05) is 12.1 Å². The molecule has 1 aliphatic rings. The lowest BCUT2D eigenvalue weighted by atomic mass is 10.1. The number of nitrogens with zero attached hydrogens (tertiary/aromatic N) is 1. The molecule has 16 heavy (non-hydrogen) atoms. The molecule has 0 fully saturated rings. The fourth-order valence-corrected chi connectivity index (χ4v) is 1.47. The molecule has 0 radical (unpaired) electrons. The van der Waals surface area contributed by atoms with Crippen molar-refractivity contribution in [3.05, 3.63) is 29.3 Å². The molecule has 4 heteroatoms. The topological polar surface area (TPSA) is 62.1 Å². The first kappa shape index (κ1) is 10.2. The molecule has 1 heterocycles. The normalized spacial score (nSPS) is 14.5. The van der Waals surface area contributed by atoms with Crippen molar-refractivity contribution in [3.8, 4) is 11.8 Å². The summed E-state index contributed by atoms with van der Waals surface area (Å²) in [5.41, 5.74) is 2.13. The fourth-order valence-electron chi connectivity index (χ4n) is 1.47. The van der Waals surface area contributed by atoms with Gasteiger partial charge in [-0.05, 0) is 30.7 Å². The van der Waals surface area contributed by atoms with E-state index in [4.69, 9.17) is 10.00 Å². The van der Waals surface area contributed by atoms with Gasteiger partial charge in [0, 0.05) is 5.57 Å². The maximum Gasteiger partial charge on any atom is 0.262 e. The van der Waals surface area contributed by atoms with Gasteiger partial charge in [-0.25, -0.2) is 0 Å². The third-order valence-corrected chi connectivity index (χ3v) is 2.20. The Labute approximate surface area is 93.1 Å². The standard InChI is InChI=1S/C12H10N2O2/c1-8(6-13)4-9-2-3-11-10(5-9)14-12(15)7-16-11/h2-5H,7H2,1H3,(H,14,15)/b8-4-. The number of allylic oxidation sites excluding steroid dienone is 1. The summed E-state index contributed by atoms with van der Waals surface area (Å²) < 4.78 is 5.22. The number of benzene rings is 1. The number of nitriles is 1. The maximum atomic E-state index is 11.1. The van der Waals surface area contributed by atoms with Crippen molar-refractivity contribution < 1.29 is 9.53 Å². The van der Waals surface area contributed by atoms with Crippen molar-refractivity contribution in [1.29, 1.82) is 5.26 Å². The number of anilines is 1. The van der Waals surface area contributed by atoms with E-state index in [1.54, 1.807) is 25.1 Å². The molecule has 0 saturated carbocycles. The van der Waals surface area contributed by atoms with Crippen LogP contribution in [0.1, 0.15) is 12.5 Å². The molecule has 1 aromatic rings. The highest BCUT2D eigenvalue weighted by Gasteiger charge is 2.15. The van der Waals surface area contributed by atoms with E-state index < -0.39 is 0 Å². The molecule has 1 amide bonds. The summed E-state index contributed by atoms with van der Waals surface area (Å²) >= 11 is 0. The number of rotatable bonds is 1. The molecule has 0 saturated heterocycles. The number of carbonyl (C=O) groups excluding carboxylic acids is 1. The van der Waals surface area contributed by atoms with Crippen LogP contribution in [0.5, 0.6) is 5.75 Å². The molecule has 4 nitrogen and oxygen atoms in total. The monoisotopic (exact) mass is 214 g/mol. The Morgan fingerprint density at radius 3 is 3.19 bits per heavy atom. The Bertz CT molecular complexity index is 512. The average molecular weight is 214 g/mol. The summed E-state index contributed by atoms with van der Waals surface area (Å²) in [5.74, 6) is 0.497. The third-order valence-electron chi connectivity index (χ3n) is 2.20. The number of ether oxygens (including phenoxy) is 1. The van der Waals surface area contributed by atoms with Gasteiger partial charge in [0.15, 0.2) is 6.61 Å². The second-order valence-electron chi connectivity index (χ2n) is 3.53. The Morgan fingerprint density at radius 2 is 2.44 bits per heavy atom. The predicted octanol–water partition coefficient (Wildman–Crippen LogP) is 1.94. The van der Waals surface area contributed by atoms with Crippen molar-refractivity contribution >= 4 is 17.7 Å². The van der Waals surface area contributed by atoms with Gasteiger partial charge in [0.1, 0.15) is 5.75 Å². The van der Waals surface area contributed by atoms with E-state index in [-0.39, 0.29) is 12.5 Å². The van der Waals surface area contributed by atoms with Crippen molar-refractivity contribution in [1.82, 2.24) is 0 Å². The number of hydrogen-bond donors (Lipinski definition) is 1. The molecule has 0 spiro atoms. The number of amides is 1. The van der Waals surface area contributed by atoms with Crippen molar-refractivity contribution in [2.24, 2.45) is 0 Å². The van der Waals surface area contributed by atoms with Crippen LogP contribution in [-0.2, 0) is 4.79 Å². The highest BCUT2D eigenvalue weighted by molar-refractivity contribution is 5.95. The third kappa shape index (κ3) is 2.04. The lowest BCUT2D eigenvalue weighted by Gasteiger charge is -2.17. The lowest BCUT2D eigenvalue weighted by molar-refractivity contribution is -0.118. The minimum Gasteiger partial charge on any atom is -0.482 e. The smallest absolute Gasteiger partial charge is 0.262 e. The van der Waals surface area contributed by atoms with Gasteiger partial charge in [0.05, 0.1) is 11.8 Å². The number of hydrogen-bond acceptors (Lipinski definition) is 3. The lowest BCUT2D eigenvalue weighted by Crippen LogP contribution is -2.25. The summed E-state index contributed by atoms with van der Waals surface area (Å²) in [6.45, 7) is 1.79. The Balaban J connectivity index is 2.36. The first-order valence-corrected chi connectivity index (χ1v) is 4.84. The second-order valence-corrected chi connectivity index (χ2v) is 3.53. The summed E-state index contributed by atoms with van der Waals surface area (Å²) in [6.07, 6.45) is 1.75. The molecule has 1 aliphatic heterocycles. The predicted molar refractivity (Wildman–Crippen MR) is 59.8 cm³/mol. The molecule has 1 N–H and O–H groups in total. The first-order chi connectivity index (χ1) is 7.69. The van der Waals surface area contributed by atoms with Gasteiger partial charge in [0.25, 0.3) is 5.91 Å². The minimum absolute atomic E-state index is 0.0550. The van der Waals surface area contributed by atoms with Crippen LogP contribution in [0.25, 0.3) is 6.08 Å². The minimum atomic E-state index is -0.161. The summed E-state index contributed by atoms with van der Waals surface area (Å²) in [6, 6.07) is 7.46. The summed E-state index contributed by atoms with van der Waals surface area (Å²) in [5, 5.41) is 11.4. The van der Waals surface area contributed by atoms with Crippen molar-refractivity contribution in [2.45, 2.75) is 6.92 Å². The Kier molecular flexibility index (Phi) is 2.61. The SMILES string of the molecule is C/C(C#N)=C/c1ccc2c(c1)NC(=O)CO2. The van der Waals surface area contributed by atoms with E-state index in [1.165, 1.54) is 0 Å². The van der Waals surface area contributed by atoms with E-state index in [2.05, 4.69) is 5.32 Å². The molecule has 2 rings (SSSR count). The van der Waals surface area contributed by atoms with E-state index >= 15 is 0 Å². The number of nitrogens with one attached hydrogen (secondary N) is 1. The van der Waals surface area contributed by atoms with E-state index in [0.29, 0.717) is 17.0 Å². The number of carbonyl (C=O) groups is 1. The molecule has 0 aromatic heterocycles. The Hall–Kier alpha value is -2.28. The van der Waals surface area contributed by atoms with Crippen LogP contribution >= 0.6 is 0 Å². The van der Waals surface area contributed by atoms with Crippen molar-refractivity contribution in [3.63, 3.8) is 0 Å². The van der Waals surface area contributed by atoms with Gasteiger partial charge < -0.3 is 10.1 Å². The Morgan fingerprint density at radius 1 is 1.62 bits per heavy atom. The maximum absolute atomic E-state index is 11.1. The zero-order chi connectivity index (χ0) is 11.5. The molecule has 0 aliphatic carbocycles. The molecular formula is C12H10N2O2. The summed E-state index contributed by atoms with van der Waals surface area (Å²) in [7, 11) is 0. The molecule has 0 atom stereocenters. The second kappa shape index (κ2) is 4.07. The van der Waals surface area contributed by atoms with Gasteiger partial charge in [-0.1, -0.05) is 6.07 Å². The molecule has 0 bridgehead atoms. The number of fused-ring (bicyclic) bond motifs is 1. The van der Waals surface area contributed by atoms with E-state index in [9.17, 15) is 4.79 Å². The molecule has 80 valence electrons. The molecular weight excluding hydrogens is 204 g/mol. The van der Waals surface area contributed by atoms with Crippen LogP contribution in [-0.4, -0.2) is 12.5 Å². The van der Waals surface area contributed by atoms with Crippen LogP contribution in [0.3, 0.4) is 0 Å². The van der Waals surface area contributed by atoms with Gasteiger partial charge in [-0.15, -0.1) is 0 Å². The van der Waals surface area contributed by atoms with Gasteiger partial charge >= 0.3 is 0 Å². The zero-order valence-corrected chi connectivity index (χ0v) is 8.78. The highest BCUT2D eigenvalue weighted by atomic mass is 16.5. The van der Waals surface area contributed by atoms with Crippen LogP contribution < -0.4 is 10.1 Å². The molecule has 0 unspecified atom stereocenters. The quantitative estimate of drug-likeness (QED) is 0.727. The van der Waals surface area contributed by atoms with Gasteiger partial charge in [-0.2, -0.15) is 5.26 Å².